The number of carbonyl (C=O) groups excluding carboxylic acids is 1. The number of rotatable bonds is 5. The second kappa shape index (κ2) is 5.94. The highest BCUT2D eigenvalue weighted by molar-refractivity contribution is 5.77. The third-order valence-corrected chi connectivity index (χ3v) is 2.12. The minimum atomic E-state index is -0.0199. The average molecular weight is 186 g/mol. The Morgan fingerprint density at radius 2 is 2.54 bits per heavy atom. The third-order valence-electron chi connectivity index (χ3n) is 2.12. The van der Waals surface area contributed by atoms with Gasteiger partial charge in [-0.05, 0) is 25.8 Å². The van der Waals surface area contributed by atoms with Gasteiger partial charge in [-0.3, -0.25) is 4.79 Å². The molecule has 0 radical (unpaired) electrons. The standard InChI is InChI=1S/C9H18N2O2/c1-2-11-9(12)7-13-6-8-3-4-10-5-8/h8,10H,2-7H2,1H3,(H,11,12). The molecule has 0 saturated carbocycles. The van der Waals surface area contributed by atoms with Crippen LogP contribution in [-0.2, 0) is 9.53 Å². The second-order valence-corrected chi connectivity index (χ2v) is 3.33. The Morgan fingerprint density at radius 1 is 1.69 bits per heavy atom. The van der Waals surface area contributed by atoms with Crippen LogP contribution in [0.25, 0.3) is 0 Å². The van der Waals surface area contributed by atoms with Crippen molar-refractivity contribution in [1.29, 1.82) is 0 Å². The van der Waals surface area contributed by atoms with Gasteiger partial charge >= 0.3 is 0 Å². The highest BCUT2D eigenvalue weighted by Crippen LogP contribution is 2.06. The molecule has 1 fully saturated rings. The fourth-order valence-electron chi connectivity index (χ4n) is 1.42. The maximum Gasteiger partial charge on any atom is 0.245 e. The zero-order valence-corrected chi connectivity index (χ0v) is 8.14. The predicted octanol–water partition coefficient (Wildman–Crippen LogP) is -0.251. The van der Waals surface area contributed by atoms with Crippen LogP contribution in [0.2, 0.25) is 0 Å². The maximum absolute atomic E-state index is 11.0. The first kappa shape index (κ1) is 10.5. The first-order valence-corrected chi connectivity index (χ1v) is 4.88. The smallest absolute Gasteiger partial charge is 0.245 e. The first-order chi connectivity index (χ1) is 6.33. The van der Waals surface area contributed by atoms with Gasteiger partial charge in [0.15, 0.2) is 0 Å². The number of hydrogen-bond donors (Lipinski definition) is 2. The van der Waals surface area contributed by atoms with Gasteiger partial charge in [-0.2, -0.15) is 0 Å². The summed E-state index contributed by atoms with van der Waals surface area (Å²) in [6, 6.07) is 0. The lowest BCUT2D eigenvalue weighted by atomic mass is 10.1. The van der Waals surface area contributed by atoms with E-state index in [1.54, 1.807) is 0 Å². The minimum absolute atomic E-state index is 0.0199. The SMILES string of the molecule is CCNC(=O)COCC1CCNC1. The van der Waals surface area contributed by atoms with Crippen molar-refractivity contribution in [3.8, 4) is 0 Å². The Kier molecular flexibility index (Phi) is 4.78. The summed E-state index contributed by atoms with van der Waals surface area (Å²) in [7, 11) is 0. The van der Waals surface area contributed by atoms with Crippen LogP contribution >= 0.6 is 0 Å². The number of carbonyl (C=O) groups is 1. The van der Waals surface area contributed by atoms with E-state index in [1.165, 1.54) is 0 Å². The van der Waals surface area contributed by atoms with E-state index in [0.29, 0.717) is 19.1 Å². The number of nitrogens with one attached hydrogen (secondary N) is 2. The van der Waals surface area contributed by atoms with Crippen molar-refractivity contribution in [2.75, 3.05) is 32.8 Å². The summed E-state index contributed by atoms with van der Waals surface area (Å²) in [6.45, 7) is 5.57. The van der Waals surface area contributed by atoms with Crippen molar-refractivity contribution >= 4 is 5.91 Å². The van der Waals surface area contributed by atoms with E-state index in [0.717, 1.165) is 19.5 Å². The molecular formula is C9H18N2O2. The molecule has 0 aromatic rings. The summed E-state index contributed by atoms with van der Waals surface area (Å²) in [4.78, 5) is 11.0. The molecule has 1 atom stereocenters. The summed E-state index contributed by atoms with van der Waals surface area (Å²) in [5.74, 6) is 0.572. The highest BCUT2D eigenvalue weighted by atomic mass is 16.5. The van der Waals surface area contributed by atoms with Gasteiger partial charge in [0, 0.05) is 13.1 Å². The van der Waals surface area contributed by atoms with Crippen LogP contribution in [0.3, 0.4) is 0 Å². The molecule has 2 N–H and O–H groups in total. The van der Waals surface area contributed by atoms with Crippen LogP contribution in [0.15, 0.2) is 0 Å². The Bertz CT molecular complexity index is 156. The molecule has 4 nitrogen and oxygen atoms in total. The van der Waals surface area contributed by atoms with E-state index in [4.69, 9.17) is 4.74 Å². The van der Waals surface area contributed by atoms with Gasteiger partial charge in [0.05, 0.1) is 6.61 Å². The molecule has 1 aliphatic heterocycles. The van der Waals surface area contributed by atoms with E-state index in [9.17, 15) is 4.79 Å². The van der Waals surface area contributed by atoms with Gasteiger partial charge in [-0.15, -0.1) is 0 Å². The lowest BCUT2D eigenvalue weighted by molar-refractivity contribution is -0.125. The molecule has 0 aliphatic carbocycles. The number of amides is 1. The van der Waals surface area contributed by atoms with Crippen LogP contribution < -0.4 is 10.6 Å². The van der Waals surface area contributed by atoms with Crippen LogP contribution in [0.4, 0.5) is 0 Å². The molecule has 13 heavy (non-hydrogen) atoms. The van der Waals surface area contributed by atoms with Gasteiger partial charge in [-0.25, -0.2) is 0 Å². The van der Waals surface area contributed by atoms with Crippen molar-refractivity contribution in [2.45, 2.75) is 13.3 Å². The van der Waals surface area contributed by atoms with Crippen molar-refractivity contribution in [3.63, 3.8) is 0 Å². The summed E-state index contributed by atoms with van der Waals surface area (Å²) in [5, 5.41) is 5.95. The van der Waals surface area contributed by atoms with Gasteiger partial charge < -0.3 is 15.4 Å². The average Bonchev–Trinajstić information content (AvgIpc) is 2.57. The Labute approximate surface area is 79.0 Å². The predicted molar refractivity (Wildman–Crippen MR) is 50.5 cm³/mol. The van der Waals surface area contributed by atoms with Crippen LogP contribution in [0.5, 0.6) is 0 Å². The summed E-state index contributed by atoms with van der Waals surface area (Å²) < 4.78 is 5.28. The Balaban J connectivity index is 1.96. The van der Waals surface area contributed by atoms with Crippen LogP contribution in [0.1, 0.15) is 13.3 Å². The molecule has 0 aromatic heterocycles. The van der Waals surface area contributed by atoms with Gasteiger partial charge in [0.1, 0.15) is 6.61 Å². The zero-order chi connectivity index (χ0) is 9.52. The molecule has 76 valence electrons. The topological polar surface area (TPSA) is 50.4 Å². The van der Waals surface area contributed by atoms with Crippen LogP contribution in [0, 0.1) is 5.92 Å². The molecule has 1 saturated heterocycles. The zero-order valence-electron chi connectivity index (χ0n) is 8.14. The lowest BCUT2D eigenvalue weighted by Gasteiger charge is -2.08. The van der Waals surface area contributed by atoms with Crippen molar-refractivity contribution in [1.82, 2.24) is 10.6 Å². The molecule has 0 spiro atoms. The molecule has 0 bridgehead atoms. The molecule has 1 unspecified atom stereocenters. The molecule has 0 aromatic carbocycles. The minimum Gasteiger partial charge on any atom is -0.371 e. The fourth-order valence-corrected chi connectivity index (χ4v) is 1.42. The maximum atomic E-state index is 11.0. The van der Waals surface area contributed by atoms with E-state index in [2.05, 4.69) is 10.6 Å². The molecular weight excluding hydrogens is 168 g/mol. The monoisotopic (exact) mass is 186 g/mol. The summed E-state index contributed by atoms with van der Waals surface area (Å²) in [5.41, 5.74) is 0. The second-order valence-electron chi connectivity index (χ2n) is 3.33. The molecule has 1 rings (SSSR count). The van der Waals surface area contributed by atoms with Gasteiger partial charge in [0.2, 0.25) is 5.91 Å². The van der Waals surface area contributed by atoms with E-state index in [1.807, 2.05) is 6.92 Å². The van der Waals surface area contributed by atoms with Crippen molar-refractivity contribution < 1.29 is 9.53 Å². The van der Waals surface area contributed by atoms with E-state index >= 15 is 0 Å². The van der Waals surface area contributed by atoms with E-state index in [-0.39, 0.29) is 12.5 Å². The quantitative estimate of drug-likeness (QED) is 0.622. The normalized spacial score (nSPS) is 21.8. The fraction of sp³-hybridized carbons (Fsp3) is 0.889. The summed E-state index contributed by atoms with van der Waals surface area (Å²) >= 11 is 0. The number of ether oxygens (including phenoxy) is 1. The third kappa shape index (κ3) is 4.24. The Hall–Kier alpha value is -0.610. The van der Waals surface area contributed by atoms with Gasteiger partial charge in [0.25, 0.3) is 0 Å². The molecule has 1 amide bonds. The largest absolute Gasteiger partial charge is 0.371 e. The first-order valence-electron chi connectivity index (χ1n) is 4.88. The number of hydrogen-bond acceptors (Lipinski definition) is 3. The van der Waals surface area contributed by atoms with E-state index < -0.39 is 0 Å². The molecule has 1 heterocycles. The lowest BCUT2D eigenvalue weighted by Crippen LogP contribution is -2.28. The van der Waals surface area contributed by atoms with Crippen molar-refractivity contribution in [3.05, 3.63) is 0 Å². The molecule has 4 heteroatoms. The highest BCUT2D eigenvalue weighted by Gasteiger charge is 2.14. The Morgan fingerprint density at radius 3 is 3.15 bits per heavy atom. The van der Waals surface area contributed by atoms with Crippen molar-refractivity contribution in [2.24, 2.45) is 5.92 Å². The summed E-state index contributed by atoms with van der Waals surface area (Å²) in [6.07, 6.45) is 1.16. The van der Waals surface area contributed by atoms with Crippen LogP contribution in [-0.4, -0.2) is 38.8 Å². The van der Waals surface area contributed by atoms with Gasteiger partial charge in [-0.1, -0.05) is 0 Å². The number of likely N-dealkylation sites (N-methyl/N-ethyl adjacent to an activating group) is 1. The molecule has 1 aliphatic rings.